The second-order valence-corrected chi connectivity index (χ2v) is 13.9. The van der Waals surface area contributed by atoms with Crippen LogP contribution >= 0.6 is 31.9 Å². The average molecular weight is 689 g/mol. The molecule has 0 unspecified atom stereocenters. The minimum atomic E-state index is -0.702. The van der Waals surface area contributed by atoms with Gasteiger partial charge in [-0.1, -0.05) is 131 Å². The molecule has 2 nitrogen and oxygen atoms in total. The van der Waals surface area contributed by atoms with Gasteiger partial charge in [-0.15, -0.1) is 0 Å². The molecule has 1 spiro atoms. The number of nitrogens with zero attached hydrogens (tertiary/aromatic N) is 1. The van der Waals surface area contributed by atoms with Gasteiger partial charge in [-0.05, 0) is 81.1 Å². The zero-order valence-electron chi connectivity index (χ0n) is 24.3. The van der Waals surface area contributed by atoms with Crippen molar-refractivity contribution in [3.05, 3.63) is 159 Å². The summed E-state index contributed by atoms with van der Waals surface area (Å²) in [6, 6.07) is 39.8. The summed E-state index contributed by atoms with van der Waals surface area (Å²) in [6.07, 6.45) is 4.63. The van der Waals surface area contributed by atoms with Crippen LogP contribution in [-0.2, 0) is 5.41 Å². The van der Waals surface area contributed by atoms with E-state index in [-0.39, 0.29) is 5.78 Å². The van der Waals surface area contributed by atoms with E-state index in [2.05, 4.69) is 155 Å². The summed E-state index contributed by atoms with van der Waals surface area (Å²) in [6.45, 7) is 4.65. The van der Waals surface area contributed by atoms with Gasteiger partial charge in [0, 0.05) is 32.7 Å². The molecule has 0 saturated carbocycles. The Morgan fingerprint density at radius 3 is 2.05 bits per heavy atom. The van der Waals surface area contributed by atoms with E-state index in [1.165, 1.54) is 16.3 Å². The maximum Gasteiger partial charge on any atom is 0.173 e. The van der Waals surface area contributed by atoms with Crippen molar-refractivity contribution < 1.29 is 4.79 Å². The molecule has 43 heavy (non-hydrogen) atoms. The molecule has 0 fully saturated rings. The normalized spacial score (nSPS) is 20.6. The summed E-state index contributed by atoms with van der Waals surface area (Å²) < 4.78 is 1.99. The number of Topliss-reactive ketones (excluding diaryl/α,β-unsaturated/α-hetero) is 1. The highest BCUT2D eigenvalue weighted by atomic mass is 79.9. The molecular formula is C39H31Br2NO. The summed E-state index contributed by atoms with van der Waals surface area (Å²) in [7, 11) is 2.17. The summed E-state index contributed by atoms with van der Waals surface area (Å²) in [5, 5.41) is 2.44. The Balaban J connectivity index is 1.57. The number of likely N-dealkylation sites (N-methyl/N-ethyl adjacent to an activating group) is 1. The van der Waals surface area contributed by atoms with Crippen molar-refractivity contribution in [1.82, 2.24) is 0 Å². The van der Waals surface area contributed by atoms with E-state index in [4.69, 9.17) is 0 Å². The Morgan fingerprint density at radius 2 is 1.35 bits per heavy atom. The number of benzene rings is 5. The minimum Gasteiger partial charge on any atom is -0.363 e. The van der Waals surface area contributed by atoms with Gasteiger partial charge in [-0.25, -0.2) is 0 Å². The molecule has 1 aliphatic carbocycles. The monoisotopic (exact) mass is 687 g/mol. The first-order chi connectivity index (χ1) is 20.7. The lowest BCUT2D eigenvalue weighted by Gasteiger charge is -2.52. The fourth-order valence-corrected chi connectivity index (χ4v) is 8.04. The van der Waals surface area contributed by atoms with Crippen molar-refractivity contribution in [2.75, 3.05) is 11.9 Å². The molecule has 212 valence electrons. The van der Waals surface area contributed by atoms with E-state index in [9.17, 15) is 0 Å². The van der Waals surface area contributed by atoms with Gasteiger partial charge in [-0.2, -0.15) is 0 Å². The van der Waals surface area contributed by atoms with E-state index in [1.807, 2.05) is 30.3 Å². The minimum absolute atomic E-state index is 0.116. The molecular weight excluding hydrogens is 658 g/mol. The van der Waals surface area contributed by atoms with Crippen molar-refractivity contribution in [3.63, 3.8) is 0 Å². The van der Waals surface area contributed by atoms with Gasteiger partial charge in [0.2, 0.25) is 0 Å². The van der Waals surface area contributed by atoms with Crippen LogP contribution in [0.3, 0.4) is 0 Å². The highest BCUT2D eigenvalue weighted by Crippen LogP contribution is 2.61. The Kier molecular flexibility index (Phi) is 6.83. The first-order valence-corrected chi connectivity index (χ1v) is 16.1. The predicted octanol–water partition coefficient (Wildman–Crippen LogP) is 10.5. The van der Waals surface area contributed by atoms with E-state index < -0.39 is 16.9 Å². The van der Waals surface area contributed by atoms with Crippen LogP contribution in [0.15, 0.2) is 136 Å². The summed E-state index contributed by atoms with van der Waals surface area (Å²) >= 11 is 7.18. The number of hydrogen-bond acceptors (Lipinski definition) is 2. The van der Waals surface area contributed by atoms with Gasteiger partial charge in [-0.3, -0.25) is 4.79 Å². The first-order valence-electron chi connectivity index (χ1n) is 14.5. The van der Waals surface area contributed by atoms with Crippen LogP contribution in [0.25, 0.3) is 21.9 Å². The third-order valence-corrected chi connectivity index (χ3v) is 10.6. The number of halogens is 2. The molecule has 2 aliphatic rings. The number of ketones is 1. The molecule has 4 heteroatoms. The third-order valence-electron chi connectivity index (χ3n) is 9.56. The van der Waals surface area contributed by atoms with E-state index in [0.717, 1.165) is 36.9 Å². The molecule has 0 radical (unpaired) electrons. The number of carbonyl (C=O) groups excluding carboxylic acids is 1. The molecule has 5 aromatic rings. The van der Waals surface area contributed by atoms with Crippen molar-refractivity contribution >= 4 is 65.2 Å². The van der Waals surface area contributed by atoms with Crippen molar-refractivity contribution in [2.24, 2.45) is 5.92 Å². The zero-order chi connectivity index (χ0) is 29.9. The lowest BCUT2D eigenvalue weighted by Crippen LogP contribution is -2.61. The lowest BCUT2D eigenvalue weighted by molar-refractivity contribution is 0.0886. The quantitative estimate of drug-likeness (QED) is 0.175. The molecule has 0 N–H and O–H groups in total. The Hall–Kier alpha value is -3.73. The molecule has 1 heterocycles. The van der Waals surface area contributed by atoms with Crippen molar-refractivity contribution in [2.45, 2.75) is 24.8 Å². The second-order valence-electron chi connectivity index (χ2n) is 12.1. The molecule has 1 aliphatic heterocycles. The lowest BCUT2D eigenvalue weighted by atomic mass is 9.57. The first kappa shape index (κ1) is 28.1. The van der Waals surface area contributed by atoms with Gasteiger partial charge >= 0.3 is 0 Å². The molecule has 0 bridgehead atoms. The summed E-state index contributed by atoms with van der Waals surface area (Å²) in [5.41, 5.74) is 6.34. The van der Waals surface area contributed by atoms with Gasteiger partial charge in [0.15, 0.2) is 5.78 Å². The van der Waals surface area contributed by atoms with Crippen molar-refractivity contribution in [1.29, 1.82) is 0 Å². The summed E-state index contributed by atoms with van der Waals surface area (Å²) in [4.78, 5) is 17.5. The second kappa shape index (κ2) is 10.5. The maximum absolute atomic E-state index is 15.1. The van der Waals surface area contributed by atoms with Crippen molar-refractivity contribution in [3.8, 4) is 0 Å². The topological polar surface area (TPSA) is 20.3 Å². The van der Waals surface area contributed by atoms with E-state index in [1.54, 1.807) is 0 Å². The van der Waals surface area contributed by atoms with Crippen LogP contribution in [0.1, 0.15) is 40.9 Å². The van der Waals surface area contributed by atoms with Gasteiger partial charge in [0.25, 0.3) is 0 Å². The highest BCUT2D eigenvalue weighted by molar-refractivity contribution is 9.10. The third kappa shape index (κ3) is 4.29. The Bertz CT molecular complexity index is 1940. The van der Waals surface area contributed by atoms with E-state index in [0.29, 0.717) is 5.56 Å². The van der Waals surface area contributed by atoms with Crippen LogP contribution in [-0.4, -0.2) is 18.4 Å². The fraction of sp³-hybridized carbons (Fsp3) is 0.154. The highest BCUT2D eigenvalue weighted by Gasteiger charge is 2.62. The molecule has 5 aromatic carbocycles. The SMILES string of the molecule is CN1c2ccc3ccccc3c2C(C)(C)[C@]12C=C(c1ccc(Br)cc1)C=C(c1ccccc1)[C@@H]2C(=O)c1ccc(Br)cc1. The molecule has 0 saturated heterocycles. The molecule has 0 aromatic heterocycles. The van der Waals surface area contributed by atoms with Gasteiger partial charge in [0.05, 0.1) is 11.5 Å². The number of carbonyl (C=O) groups is 1. The average Bonchev–Trinajstić information content (AvgIpc) is 3.19. The van der Waals surface area contributed by atoms with Crippen LogP contribution in [0, 0.1) is 5.92 Å². The Labute approximate surface area is 270 Å². The molecule has 0 amide bonds. The molecule has 7 rings (SSSR count). The maximum atomic E-state index is 15.1. The number of allylic oxidation sites excluding steroid dienone is 2. The largest absolute Gasteiger partial charge is 0.363 e. The van der Waals surface area contributed by atoms with Crippen LogP contribution in [0.4, 0.5) is 5.69 Å². The fourth-order valence-electron chi connectivity index (χ4n) is 7.51. The Morgan fingerprint density at radius 1 is 0.721 bits per heavy atom. The zero-order valence-corrected chi connectivity index (χ0v) is 27.5. The predicted molar refractivity (Wildman–Crippen MR) is 187 cm³/mol. The number of fused-ring (bicyclic) bond motifs is 3. The molecule has 2 atom stereocenters. The van der Waals surface area contributed by atoms with Gasteiger partial charge < -0.3 is 4.90 Å². The smallest absolute Gasteiger partial charge is 0.173 e. The van der Waals surface area contributed by atoms with E-state index >= 15 is 4.79 Å². The van der Waals surface area contributed by atoms with Crippen LogP contribution < -0.4 is 4.90 Å². The van der Waals surface area contributed by atoms with Crippen LogP contribution in [0.2, 0.25) is 0 Å². The number of anilines is 1. The standard InChI is InChI=1S/C39H31Br2NO/c1-38(2)35-32-12-8-7-11-27(32)17-22-34(35)42(3)39(38)24-29(25-13-18-30(40)19-14-25)23-33(26-9-5-4-6-10-26)36(39)37(43)28-15-20-31(41)21-16-28/h4-24,36H,1-3H3/t36-,39-/m1/s1. The van der Waals surface area contributed by atoms with Gasteiger partial charge in [0.1, 0.15) is 0 Å². The van der Waals surface area contributed by atoms with Crippen LogP contribution in [0.5, 0.6) is 0 Å². The summed E-state index contributed by atoms with van der Waals surface area (Å²) in [5.74, 6) is -0.354. The number of rotatable bonds is 4. The number of hydrogen-bond donors (Lipinski definition) is 0.